The van der Waals surface area contributed by atoms with E-state index in [0.29, 0.717) is 10.7 Å². The predicted octanol–water partition coefficient (Wildman–Crippen LogP) is 3.80. The van der Waals surface area contributed by atoms with Crippen LogP contribution in [0.3, 0.4) is 0 Å². The summed E-state index contributed by atoms with van der Waals surface area (Å²) in [6, 6.07) is 6.58. The Hall–Kier alpha value is -2.11. The Labute approximate surface area is 143 Å². The molecular weight excluding hydrogens is 339 g/mol. The van der Waals surface area contributed by atoms with Crippen molar-refractivity contribution in [1.82, 2.24) is 4.98 Å². The predicted molar refractivity (Wildman–Crippen MR) is 89.1 cm³/mol. The second kappa shape index (κ2) is 7.44. The number of esters is 1. The molecular formula is C16H14Cl2N2O3. The third-order valence-electron chi connectivity index (χ3n) is 2.99. The summed E-state index contributed by atoms with van der Waals surface area (Å²) in [6.07, 6.45) is 1.28. The zero-order valence-corrected chi connectivity index (χ0v) is 14.0. The van der Waals surface area contributed by atoms with E-state index in [2.05, 4.69) is 10.3 Å². The van der Waals surface area contributed by atoms with Crippen molar-refractivity contribution < 1.29 is 14.3 Å². The van der Waals surface area contributed by atoms with Crippen molar-refractivity contribution in [2.45, 2.75) is 13.8 Å². The number of aryl methyl sites for hydroxylation is 2. The molecule has 0 aliphatic rings. The molecule has 0 saturated heterocycles. The number of carbonyl (C=O) groups excluding carboxylic acids is 2. The van der Waals surface area contributed by atoms with E-state index in [1.807, 2.05) is 19.9 Å². The molecule has 0 unspecified atom stereocenters. The van der Waals surface area contributed by atoms with Gasteiger partial charge in [0.25, 0.3) is 5.91 Å². The summed E-state index contributed by atoms with van der Waals surface area (Å²) < 4.78 is 4.93. The van der Waals surface area contributed by atoms with Crippen LogP contribution in [-0.4, -0.2) is 23.5 Å². The van der Waals surface area contributed by atoms with Crippen molar-refractivity contribution in [2.24, 2.45) is 0 Å². The van der Waals surface area contributed by atoms with Gasteiger partial charge in [-0.3, -0.25) is 4.79 Å². The summed E-state index contributed by atoms with van der Waals surface area (Å²) in [7, 11) is 0. The van der Waals surface area contributed by atoms with Gasteiger partial charge in [0.15, 0.2) is 6.61 Å². The van der Waals surface area contributed by atoms with Crippen molar-refractivity contribution >= 4 is 40.8 Å². The smallest absolute Gasteiger partial charge is 0.340 e. The fourth-order valence-electron chi connectivity index (χ4n) is 1.96. The Morgan fingerprint density at radius 1 is 1.22 bits per heavy atom. The lowest BCUT2D eigenvalue weighted by molar-refractivity contribution is -0.119. The number of halogens is 2. The number of nitrogens with zero attached hydrogens (tertiary/aromatic N) is 1. The Kier molecular flexibility index (Phi) is 5.58. The van der Waals surface area contributed by atoms with Crippen molar-refractivity contribution in [1.29, 1.82) is 0 Å². The molecule has 1 amide bonds. The fourth-order valence-corrected chi connectivity index (χ4v) is 2.44. The van der Waals surface area contributed by atoms with Crippen LogP contribution in [-0.2, 0) is 9.53 Å². The molecule has 2 aromatic rings. The monoisotopic (exact) mass is 352 g/mol. The van der Waals surface area contributed by atoms with Crippen LogP contribution in [0.2, 0.25) is 10.2 Å². The number of benzene rings is 1. The van der Waals surface area contributed by atoms with Crippen molar-refractivity contribution in [2.75, 3.05) is 11.9 Å². The molecule has 120 valence electrons. The number of nitrogens with one attached hydrogen (secondary N) is 1. The highest BCUT2D eigenvalue weighted by molar-refractivity contribution is 6.34. The number of ether oxygens (including phenoxy) is 1. The lowest BCUT2D eigenvalue weighted by Crippen LogP contribution is -2.21. The van der Waals surface area contributed by atoms with E-state index in [-0.39, 0.29) is 10.7 Å². The molecule has 1 heterocycles. The standard InChI is InChI=1S/C16H14Cl2N2O3/c1-9-5-10(2)15(12(17)6-9)20-14(21)8-23-16(22)11-3-4-13(18)19-7-11/h3-7H,8H2,1-2H3,(H,20,21). The molecule has 23 heavy (non-hydrogen) atoms. The van der Waals surface area contributed by atoms with Crippen molar-refractivity contribution in [3.8, 4) is 0 Å². The average molecular weight is 353 g/mol. The van der Waals surface area contributed by atoms with Gasteiger partial charge in [0.1, 0.15) is 5.15 Å². The minimum atomic E-state index is -0.656. The molecule has 0 fully saturated rings. The molecule has 0 aliphatic carbocycles. The SMILES string of the molecule is Cc1cc(C)c(NC(=O)COC(=O)c2ccc(Cl)nc2)c(Cl)c1. The van der Waals surface area contributed by atoms with Crippen LogP contribution in [0, 0.1) is 13.8 Å². The van der Waals surface area contributed by atoms with E-state index in [1.165, 1.54) is 18.3 Å². The maximum atomic E-state index is 11.9. The number of amides is 1. The van der Waals surface area contributed by atoms with E-state index in [9.17, 15) is 9.59 Å². The van der Waals surface area contributed by atoms with Crippen LogP contribution in [0.1, 0.15) is 21.5 Å². The van der Waals surface area contributed by atoms with Crippen molar-refractivity contribution in [3.63, 3.8) is 0 Å². The average Bonchev–Trinajstić information content (AvgIpc) is 2.49. The van der Waals surface area contributed by atoms with Gasteiger partial charge in [-0.1, -0.05) is 29.3 Å². The fraction of sp³-hybridized carbons (Fsp3) is 0.188. The van der Waals surface area contributed by atoms with Crippen LogP contribution in [0.15, 0.2) is 30.5 Å². The molecule has 1 N–H and O–H groups in total. The first-order valence-electron chi connectivity index (χ1n) is 6.72. The lowest BCUT2D eigenvalue weighted by atomic mass is 10.1. The quantitative estimate of drug-likeness (QED) is 0.671. The van der Waals surface area contributed by atoms with Gasteiger partial charge in [-0.25, -0.2) is 9.78 Å². The number of hydrogen-bond donors (Lipinski definition) is 1. The summed E-state index contributed by atoms with van der Waals surface area (Å²) in [5.74, 6) is -1.13. The second-order valence-corrected chi connectivity index (χ2v) is 5.73. The first-order valence-corrected chi connectivity index (χ1v) is 7.47. The topological polar surface area (TPSA) is 68.3 Å². The summed E-state index contributed by atoms with van der Waals surface area (Å²) in [5.41, 5.74) is 2.54. The Morgan fingerprint density at radius 3 is 2.57 bits per heavy atom. The van der Waals surface area contributed by atoms with E-state index in [0.717, 1.165) is 11.1 Å². The first kappa shape index (κ1) is 17.2. The van der Waals surface area contributed by atoms with Crippen LogP contribution < -0.4 is 5.32 Å². The van der Waals surface area contributed by atoms with E-state index < -0.39 is 18.5 Å². The number of carbonyl (C=O) groups is 2. The second-order valence-electron chi connectivity index (χ2n) is 4.93. The summed E-state index contributed by atoms with van der Waals surface area (Å²) in [6.45, 7) is 3.32. The zero-order chi connectivity index (χ0) is 17.0. The third-order valence-corrected chi connectivity index (χ3v) is 3.52. The molecule has 7 heteroatoms. The van der Waals surface area contributed by atoms with E-state index in [4.69, 9.17) is 27.9 Å². The van der Waals surface area contributed by atoms with Gasteiger partial charge in [0.05, 0.1) is 16.3 Å². The highest BCUT2D eigenvalue weighted by Gasteiger charge is 2.13. The summed E-state index contributed by atoms with van der Waals surface area (Å²) in [4.78, 5) is 27.5. The molecule has 0 aliphatic heterocycles. The highest BCUT2D eigenvalue weighted by atomic mass is 35.5. The van der Waals surface area contributed by atoms with Crippen LogP contribution in [0.4, 0.5) is 5.69 Å². The van der Waals surface area contributed by atoms with Crippen molar-refractivity contribution in [3.05, 3.63) is 57.3 Å². The summed E-state index contributed by atoms with van der Waals surface area (Å²) >= 11 is 11.7. The van der Waals surface area contributed by atoms with Crippen LogP contribution in [0.5, 0.6) is 0 Å². The molecule has 0 saturated carbocycles. The maximum absolute atomic E-state index is 11.9. The number of anilines is 1. The van der Waals surface area contributed by atoms with Gasteiger partial charge >= 0.3 is 5.97 Å². The van der Waals surface area contributed by atoms with Gasteiger partial charge in [-0.05, 0) is 43.2 Å². The van der Waals surface area contributed by atoms with Crippen LogP contribution in [0.25, 0.3) is 0 Å². The molecule has 5 nitrogen and oxygen atoms in total. The minimum Gasteiger partial charge on any atom is -0.452 e. The van der Waals surface area contributed by atoms with Crippen LogP contribution >= 0.6 is 23.2 Å². The molecule has 0 atom stereocenters. The Balaban J connectivity index is 1.95. The zero-order valence-electron chi connectivity index (χ0n) is 12.5. The Bertz CT molecular complexity index is 722. The van der Waals surface area contributed by atoms with Gasteiger partial charge in [0, 0.05) is 6.20 Å². The largest absolute Gasteiger partial charge is 0.452 e. The summed E-state index contributed by atoms with van der Waals surface area (Å²) in [5, 5.41) is 3.34. The first-order chi connectivity index (χ1) is 10.9. The number of rotatable bonds is 4. The van der Waals surface area contributed by atoms with Gasteiger partial charge < -0.3 is 10.1 Å². The van der Waals surface area contributed by atoms with Gasteiger partial charge in [-0.15, -0.1) is 0 Å². The molecule has 0 radical (unpaired) electrons. The molecule has 1 aromatic carbocycles. The van der Waals surface area contributed by atoms with Gasteiger partial charge in [0.2, 0.25) is 0 Å². The normalized spacial score (nSPS) is 10.3. The third kappa shape index (κ3) is 4.68. The maximum Gasteiger partial charge on any atom is 0.340 e. The molecule has 1 aromatic heterocycles. The molecule has 2 rings (SSSR count). The molecule has 0 bridgehead atoms. The minimum absolute atomic E-state index is 0.215. The highest BCUT2D eigenvalue weighted by Crippen LogP contribution is 2.27. The number of pyridine rings is 1. The number of aromatic nitrogens is 1. The number of hydrogen-bond acceptors (Lipinski definition) is 4. The lowest BCUT2D eigenvalue weighted by Gasteiger charge is -2.11. The van der Waals surface area contributed by atoms with E-state index in [1.54, 1.807) is 6.07 Å². The van der Waals surface area contributed by atoms with Gasteiger partial charge in [-0.2, -0.15) is 0 Å². The molecule has 0 spiro atoms. The Morgan fingerprint density at radius 2 is 1.96 bits per heavy atom. The van der Waals surface area contributed by atoms with E-state index >= 15 is 0 Å².